The molecule has 0 saturated carbocycles. The number of hydrogen-bond acceptors (Lipinski definition) is 2. The van der Waals surface area contributed by atoms with Crippen molar-refractivity contribution in [2.75, 3.05) is 13.1 Å². The van der Waals surface area contributed by atoms with Crippen LogP contribution in [-0.2, 0) is 0 Å². The Morgan fingerprint density at radius 1 is 1.42 bits per heavy atom. The summed E-state index contributed by atoms with van der Waals surface area (Å²) >= 11 is 0. The van der Waals surface area contributed by atoms with Crippen LogP contribution in [0.5, 0.6) is 0 Å². The van der Waals surface area contributed by atoms with Gasteiger partial charge in [-0.15, -0.1) is 0 Å². The lowest BCUT2D eigenvalue weighted by atomic mass is 9.97. The minimum atomic E-state index is -0.443. The van der Waals surface area contributed by atoms with E-state index in [4.69, 9.17) is 0 Å². The summed E-state index contributed by atoms with van der Waals surface area (Å²) < 4.78 is 13.8. The Morgan fingerprint density at radius 2 is 2.11 bits per heavy atom. The van der Waals surface area contributed by atoms with E-state index in [1.54, 1.807) is 18.2 Å². The third-order valence-electron chi connectivity index (χ3n) is 3.68. The number of carbonyl (C=O) groups is 1. The maximum Gasteiger partial charge on any atom is 0.257 e. The van der Waals surface area contributed by atoms with Gasteiger partial charge in [0.2, 0.25) is 0 Å². The number of carbonyl (C=O) groups excluding carboxylic acids is 1. The number of nitrogens with one attached hydrogen (secondary N) is 1. The van der Waals surface area contributed by atoms with Crippen molar-refractivity contribution in [1.29, 1.82) is 0 Å². The summed E-state index contributed by atoms with van der Waals surface area (Å²) in [5.74, 6) is -0.304. The van der Waals surface area contributed by atoms with E-state index in [9.17, 15) is 9.18 Å². The van der Waals surface area contributed by atoms with Gasteiger partial charge in [0.05, 0.1) is 5.56 Å². The van der Waals surface area contributed by atoms with Crippen LogP contribution < -0.4 is 5.32 Å². The van der Waals surface area contributed by atoms with Crippen molar-refractivity contribution in [3.05, 3.63) is 35.6 Å². The molecule has 0 spiro atoms. The van der Waals surface area contributed by atoms with E-state index >= 15 is 0 Å². The highest BCUT2D eigenvalue weighted by Crippen LogP contribution is 2.19. The summed E-state index contributed by atoms with van der Waals surface area (Å²) in [5.41, 5.74) is 0.169. The molecule has 1 fully saturated rings. The number of nitrogens with zero attached hydrogens (tertiary/aromatic N) is 1. The van der Waals surface area contributed by atoms with E-state index in [2.05, 4.69) is 19.2 Å². The third kappa shape index (κ3) is 2.95. The molecule has 1 aliphatic rings. The molecule has 2 atom stereocenters. The molecule has 0 radical (unpaired) electrons. The maximum atomic E-state index is 13.8. The summed E-state index contributed by atoms with van der Waals surface area (Å²) in [6.45, 7) is 7.60. The smallest absolute Gasteiger partial charge is 0.257 e. The lowest BCUT2D eigenvalue weighted by Gasteiger charge is -2.41. The average molecular weight is 264 g/mol. The molecule has 1 heterocycles. The molecule has 3 nitrogen and oxygen atoms in total. The quantitative estimate of drug-likeness (QED) is 0.889. The Bertz CT molecular complexity index is 461. The predicted molar refractivity (Wildman–Crippen MR) is 73.5 cm³/mol. The summed E-state index contributed by atoms with van der Waals surface area (Å²) in [6, 6.07) is 6.55. The first-order chi connectivity index (χ1) is 9.00. The number of halogens is 1. The Kier molecular flexibility index (Phi) is 4.20. The Hall–Kier alpha value is -1.42. The SMILES string of the molecule is CC1CN(C(=O)c2ccccc2F)C(C(C)C)CN1. The van der Waals surface area contributed by atoms with E-state index < -0.39 is 5.82 Å². The monoisotopic (exact) mass is 264 g/mol. The Morgan fingerprint density at radius 3 is 2.74 bits per heavy atom. The Balaban J connectivity index is 2.27. The van der Waals surface area contributed by atoms with E-state index in [1.165, 1.54) is 6.07 Å². The fourth-order valence-electron chi connectivity index (χ4n) is 2.55. The van der Waals surface area contributed by atoms with Crippen LogP contribution in [0.4, 0.5) is 4.39 Å². The molecular formula is C15H21FN2O. The zero-order chi connectivity index (χ0) is 14.0. The van der Waals surface area contributed by atoms with E-state index in [0.29, 0.717) is 12.5 Å². The lowest BCUT2D eigenvalue weighted by molar-refractivity contribution is 0.0517. The van der Waals surface area contributed by atoms with Crippen LogP contribution in [0.1, 0.15) is 31.1 Å². The van der Waals surface area contributed by atoms with Gasteiger partial charge in [-0.3, -0.25) is 4.79 Å². The Labute approximate surface area is 113 Å². The standard InChI is InChI=1S/C15H21FN2O/c1-10(2)14-8-17-11(3)9-18(14)15(19)12-6-4-5-7-13(12)16/h4-7,10-11,14,17H,8-9H2,1-3H3. The number of rotatable bonds is 2. The van der Waals surface area contributed by atoms with Crippen LogP contribution in [0.25, 0.3) is 0 Å². The fraction of sp³-hybridized carbons (Fsp3) is 0.533. The van der Waals surface area contributed by atoms with Crippen molar-refractivity contribution in [3.63, 3.8) is 0 Å². The minimum Gasteiger partial charge on any atom is -0.332 e. The van der Waals surface area contributed by atoms with Crippen molar-refractivity contribution in [2.24, 2.45) is 5.92 Å². The highest BCUT2D eigenvalue weighted by atomic mass is 19.1. The first-order valence-corrected chi connectivity index (χ1v) is 6.79. The lowest BCUT2D eigenvalue weighted by Crippen LogP contribution is -2.59. The summed E-state index contributed by atoms with van der Waals surface area (Å²) in [4.78, 5) is 14.3. The van der Waals surface area contributed by atoms with E-state index in [1.807, 2.05) is 11.8 Å². The van der Waals surface area contributed by atoms with Crippen LogP contribution in [0.2, 0.25) is 0 Å². The molecular weight excluding hydrogens is 243 g/mol. The molecule has 0 bridgehead atoms. The van der Waals surface area contributed by atoms with Crippen molar-refractivity contribution >= 4 is 5.91 Å². The maximum absolute atomic E-state index is 13.8. The highest BCUT2D eigenvalue weighted by molar-refractivity contribution is 5.94. The molecule has 0 aromatic heterocycles. The van der Waals surface area contributed by atoms with Gasteiger partial charge < -0.3 is 10.2 Å². The normalized spacial score (nSPS) is 23.7. The molecule has 1 N–H and O–H groups in total. The molecule has 1 aromatic carbocycles. The second-order valence-electron chi connectivity index (χ2n) is 5.56. The van der Waals surface area contributed by atoms with Gasteiger partial charge in [0, 0.05) is 25.2 Å². The van der Waals surface area contributed by atoms with Gasteiger partial charge >= 0.3 is 0 Å². The van der Waals surface area contributed by atoms with Gasteiger partial charge in [-0.1, -0.05) is 26.0 Å². The summed E-state index contributed by atoms with van der Waals surface area (Å²) in [5, 5.41) is 3.38. The zero-order valence-corrected chi connectivity index (χ0v) is 11.7. The van der Waals surface area contributed by atoms with Crippen LogP contribution in [-0.4, -0.2) is 36.0 Å². The second kappa shape index (κ2) is 5.70. The molecule has 0 aliphatic carbocycles. The van der Waals surface area contributed by atoms with Crippen molar-refractivity contribution in [1.82, 2.24) is 10.2 Å². The molecule has 2 rings (SSSR count). The topological polar surface area (TPSA) is 32.3 Å². The summed E-state index contributed by atoms with van der Waals surface area (Å²) in [7, 11) is 0. The van der Waals surface area contributed by atoms with Crippen LogP contribution in [0.3, 0.4) is 0 Å². The molecule has 2 unspecified atom stereocenters. The van der Waals surface area contributed by atoms with Gasteiger partial charge in [0.15, 0.2) is 0 Å². The molecule has 4 heteroatoms. The molecule has 1 aromatic rings. The van der Waals surface area contributed by atoms with Gasteiger partial charge in [-0.25, -0.2) is 4.39 Å². The molecule has 1 saturated heterocycles. The predicted octanol–water partition coefficient (Wildman–Crippen LogP) is 2.28. The van der Waals surface area contributed by atoms with Crippen molar-refractivity contribution in [2.45, 2.75) is 32.9 Å². The number of hydrogen-bond donors (Lipinski definition) is 1. The summed E-state index contributed by atoms with van der Waals surface area (Å²) in [6.07, 6.45) is 0. The second-order valence-corrected chi connectivity index (χ2v) is 5.56. The first-order valence-electron chi connectivity index (χ1n) is 6.79. The van der Waals surface area contributed by atoms with Crippen molar-refractivity contribution < 1.29 is 9.18 Å². The van der Waals surface area contributed by atoms with Crippen LogP contribution in [0.15, 0.2) is 24.3 Å². The zero-order valence-electron chi connectivity index (χ0n) is 11.7. The average Bonchev–Trinajstić information content (AvgIpc) is 2.38. The van der Waals surface area contributed by atoms with Gasteiger partial charge in [-0.05, 0) is 25.0 Å². The van der Waals surface area contributed by atoms with Gasteiger partial charge in [-0.2, -0.15) is 0 Å². The fourth-order valence-corrected chi connectivity index (χ4v) is 2.55. The minimum absolute atomic E-state index is 0.114. The molecule has 19 heavy (non-hydrogen) atoms. The number of benzene rings is 1. The number of amides is 1. The molecule has 1 aliphatic heterocycles. The first kappa shape index (κ1) is 14.0. The molecule has 1 amide bonds. The van der Waals surface area contributed by atoms with E-state index in [0.717, 1.165) is 6.54 Å². The number of piperazine rings is 1. The molecule has 104 valence electrons. The van der Waals surface area contributed by atoms with E-state index in [-0.39, 0.29) is 23.6 Å². The largest absolute Gasteiger partial charge is 0.332 e. The van der Waals surface area contributed by atoms with Gasteiger partial charge in [0.1, 0.15) is 5.82 Å². The van der Waals surface area contributed by atoms with Crippen LogP contribution >= 0.6 is 0 Å². The van der Waals surface area contributed by atoms with Crippen LogP contribution in [0, 0.1) is 11.7 Å². The van der Waals surface area contributed by atoms with Gasteiger partial charge in [0.25, 0.3) is 5.91 Å². The third-order valence-corrected chi connectivity index (χ3v) is 3.68. The highest BCUT2D eigenvalue weighted by Gasteiger charge is 2.32. The van der Waals surface area contributed by atoms with Crippen molar-refractivity contribution in [3.8, 4) is 0 Å².